The smallest absolute Gasteiger partial charge is 0.271 e. The molecule has 2 aromatic carbocycles. The summed E-state index contributed by atoms with van der Waals surface area (Å²) < 4.78 is 39.6. The topological polar surface area (TPSA) is 109 Å². The summed E-state index contributed by atoms with van der Waals surface area (Å²) in [5.74, 6) is -0.578. The lowest BCUT2D eigenvalue weighted by Crippen LogP contribution is -2.59. The number of methoxy groups -OCH3 is 2. The van der Waals surface area contributed by atoms with E-state index >= 15 is 0 Å². The van der Waals surface area contributed by atoms with Crippen LogP contribution in [-0.4, -0.2) is 76.4 Å². The number of halogens is 1. The van der Waals surface area contributed by atoms with Gasteiger partial charge in [0.2, 0.25) is 11.8 Å². The molecular formula is C27H29ClN4O6S. The molecule has 1 aliphatic heterocycles. The van der Waals surface area contributed by atoms with E-state index in [0.29, 0.717) is 5.75 Å². The molecular weight excluding hydrogens is 544 g/mol. The molecule has 0 saturated heterocycles. The van der Waals surface area contributed by atoms with E-state index < -0.39 is 27.5 Å². The molecule has 2 heterocycles. The molecule has 1 aliphatic rings. The van der Waals surface area contributed by atoms with Gasteiger partial charge in [0.05, 0.1) is 30.8 Å². The highest BCUT2D eigenvalue weighted by Crippen LogP contribution is 2.52. The summed E-state index contributed by atoms with van der Waals surface area (Å²) in [5.41, 5.74) is -1.22. The normalized spacial score (nSPS) is 17.6. The van der Waals surface area contributed by atoms with Crippen molar-refractivity contribution < 1.29 is 27.5 Å². The van der Waals surface area contributed by atoms with E-state index in [4.69, 9.17) is 21.1 Å². The third kappa shape index (κ3) is 4.40. The molecule has 12 heteroatoms. The summed E-state index contributed by atoms with van der Waals surface area (Å²) in [6.07, 6.45) is 1.49. The number of aromatic nitrogens is 1. The molecule has 0 saturated carbocycles. The Morgan fingerprint density at radius 2 is 1.69 bits per heavy atom. The van der Waals surface area contributed by atoms with Crippen molar-refractivity contribution in [1.82, 2.24) is 14.8 Å². The molecule has 0 N–H and O–H groups in total. The van der Waals surface area contributed by atoms with Gasteiger partial charge in [-0.25, -0.2) is 17.7 Å². The lowest BCUT2D eigenvalue weighted by Gasteiger charge is -2.41. The van der Waals surface area contributed by atoms with Crippen molar-refractivity contribution in [3.63, 3.8) is 0 Å². The van der Waals surface area contributed by atoms with E-state index in [-0.39, 0.29) is 38.5 Å². The van der Waals surface area contributed by atoms with Gasteiger partial charge in [0.25, 0.3) is 15.9 Å². The maximum atomic E-state index is 14.8. The minimum atomic E-state index is -4.43. The largest absolute Gasteiger partial charge is 0.497 e. The Kier molecular flexibility index (Phi) is 7.61. The van der Waals surface area contributed by atoms with Gasteiger partial charge in [-0.3, -0.25) is 14.5 Å². The Balaban J connectivity index is 2.07. The highest BCUT2D eigenvalue weighted by Gasteiger charge is 2.61. The lowest BCUT2D eigenvalue weighted by atomic mass is 9.81. The fourth-order valence-electron chi connectivity index (χ4n) is 4.89. The molecule has 39 heavy (non-hydrogen) atoms. The second kappa shape index (κ2) is 10.5. The second-order valence-electron chi connectivity index (χ2n) is 9.20. The van der Waals surface area contributed by atoms with Crippen LogP contribution in [0.25, 0.3) is 0 Å². The fourth-order valence-corrected chi connectivity index (χ4v) is 6.52. The molecule has 0 aliphatic carbocycles. The highest BCUT2D eigenvalue weighted by molar-refractivity contribution is 7.93. The van der Waals surface area contributed by atoms with Crippen LogP contribution in [0.1, 0.15) is 18.1 Å². The molecule has 4 rings (SSSR count). The Morgan fingerprint density at radius 1 is 1.03 bits per heavy atom. The number of pyridine rings is 1. The van der Waals surface area contributed by atoms with Crippen LogP contribution in [0.3, 0.4) is 0 Å². The zero-order valence-corrected chi connectivity index (χ0v) is 23.9. The average molecular weight is 573 g/mol. The SMILES string of the molecule is COc1ccc(S(=O)(=O)N2C(=O)[C@](c3cccnc3OC)(N(C)C(C)C(=O)N(C)C)c3cc(Cl)ccc32)cc1. The Labute approximate surface area is 232 Å². The van der Waals surface area contributed by atoms with Crippen molar-refractivity contribution in [3.8, 4) is 11.6 Å². The van der Waals surface area contributed by atoms with Crippen LogP contribution in [0.2, 0.25) is 5.02 Å². The molecule has 0 spiro atoms. The Hall–Kier alpha value is -3.67. The van der Waals surface area contributed by atoms with E-state index in [1.807, 2.05) is 0 Å². The number of benzene rings is 2. The number of anilines is 1. The summed E-state index contributed by atoms with van der Waals surface area (Å²) in [6, 6.07) is 12.6. The van der Waals surface area contributed by atoms with E-state index in [0.717, 1.165) is 4.31 Å². The summed E-state index contributed by atoms with van der Waals surface area (Å²) in [5, 5.41) is 0.275. The van der Waals surface area contributed by atoms with Crippen LogP contribution in [0, 0.1) is 0 Å². The zero-order valence-electron chi connectivity index (χ0n) is 22.4. The summed E-state index contributed by atoms with van der Waals surface area (Å²) in [4.78, 5) is 35.1. The first-order chi connectivity index (χ1) is 18.4. The van der Waals surface area contributed by atoms with Crippen LogP contribution in [0.5, 0.6) is 11.6 Å². The first-order valence-corrected chi connectivity index (χ1v) is 13.7. The number of likely N-dealkylation sites (N-methyl/N-ethyl adjacent to an activating group) is 2. The predicted octanol–water partition coefficient (Wildman–Crippen LogP) is 3.14. The van der Waals surface area contributed by atoms with E-state index in [1.54, 1.807) is 40.2 Å². The standard InChI is InChI=1S/C27H29ClN4O6S/c1-17(25(33)30(2)3)31(4)27(21-8-7-15-29-24(21)38-6)22-16-18(28)9-14-23(22)32(26(27)34)39(35,36)20-12-10-19(37-5)11-13-20/h7-17H,1-6H3/t17?,27-/m1/s1. The molecule has 3 aromatic rings. The molecule has 0 radical (unpaired) electrons. The number of fused-ring (bicyclic) bond motifs is 1. The van der Waals surface area contributed by atoms with Gasteiger partial charge >= 0.3 is 0 Å². The molecule has 1 aromatic heterocycles. The summed E-state index contributed by atoms with van der Waals surface area (Å²) in [7, 11) is 3.23. The average Bonchev–Trinajstić information content (AvgIpc) is 3.19. The maximum absolute atomic E-state index is 14.8. The Bertz CT molecular complexity index is 1530. The number of amides is 2. The summed E-state index contributed by atoms with van der Waals surface area (Å²) >= 11 is 6.44. The van der Waals surface area contributed by atoms with Crippen LogP contribution < -0.4 is 13.8 Å². The highest BCUT2D eigenvalue weighted by atomic mass is 35.5. The number of nitrogens with zero attached hydrogens (tertiary/aromatic N) is 4. The van der Waals surface area contributed by atoms with E-state index in [2.05, 4.69) is 4.98 Å². The van der Waals surface area contributed by atoms with Gasteiger partial charge in [-0.15, -0.1) is 0 Å². The molecule has 10 nitrogen and oxygen atoms in total. The molecule has 1 unspecified atom stereocenters. The van der Waals surface area contributed by atoms with Crippen molar-refractivity contribution >= 4 is 39.1 Å². The van der Waals surface area contributed by atoms with E-state index in [9.17, 15) is 18.0 Å². The monoisotopic (exact) mass is 572 g/mol. The number of sulfonamides is 1. The fraction of sp³-hybridized carbons (Fsp3) is 0.296. The molecule has 0 fully saturated rings. The number of carbonyl (C=O) groups excluding carboxylic acids is 2. The van der Waals surface area contributed by atoms with Gasteiger partial charge in [0.1, 0.15) is 5.75 Å². The first-order valence-electron chi connectivity index (χ1n) is 11.9. The first kappa shape index (κ1) is 28.3. The van der Waals surface area contributed by atoms with Crippen LogP contribution >= 0.6 is 11.6 Å². The Morgan fingerprint density at radius 3 is 2.28 bits per heavy atom. The molecule has 2 amide bonds. The van der Waals surface area contributed by atoms with Crippen LogP contribution in [-0.2, 0) is 25.2 Å². The van der Waals surface area contributed by atoms with Crippen molar-refractivity contribution in [1.29, 1.82) is 0 Å². The maximum Gasteiger partial charge on any atom is 0.271 e. The number of ether oxygens (including phenoxy) is 2. The minimum Gasteiger partial charge on any atom is -0.497 e. The van der Waals surface area contributed by atoms with Crippen molar-refractivity contribution in [2.75, 3.05) is 39.7 Å². The van der Waals surface area contributed by atoms with Gasteiger partial charge in [-0.05, 0) is 68.6 Å². The molecule has 206 valence electrons. The number of carbonyl (C=O) groups is 2. The third-order valence-electron chi connectivity index (χ3n) is 6.92. The van der Waals surface area contributed by atoms with E-state index in [1.165, 1.54) is 72.7 Å². The van der Waals surface area contributed by atoms with Crippen molar-refractivity contribution in [3.05, 3.63) is 76.9 Å². The van der Waals surface area contributed by atoms with Crippen LogP contribution in [0.15, 0.2) is 65.7 Å². The van der Waals surface area contributed by atoms with Gasteiger partial charge in [-0.2, -0.15) is 0 Å². The van der Waals surface area contributed by atoms with Crippen molar-refractivity contribution in [2.24, 2.45) is 0 Å². The van der Waals surface area contributed by atoms with Crippen molar-refractivity contribution in [2.45, 2.75) is 23.4 Å². The lowest BCUT2D eigenvalue weighted by molar-refractivity contribution is -0.138. The predicted molar refractivity (Wildman–Crippen MR) is 147 cm³/mol. The minimum absolute atomic E-state index is 0.0943. The number of hydrogen-bond donors (Lipinski definition) is 0. The zero-order chi connectivity index (χ0) is 28.7. The number of rotatable bonds is 8. The quantitative estimate of drug-likeness (QED) is 0.405. The van der Waals surface area contributed by atoms with Gasteiger partial charge < -0.3 is 14.4 Å². The summed E-state index contributed by atoms with van der Waals surface area (Å²) in [6.45, 7) is 1.64. The van der Waals surface area contributed by atoms with Crippen LogP contribution in [0.4, 0.5) is 5.69 Å². The van der Waals surface area contributed by atoms with Gasteiger partial charge in [0, 0.05) is 36.4 Å². The second-order valence-corrected chi connectivity index (χ2v) is 11.4. The molecule has 0 bridgehead atoms. The molecule has 2 atom stereocenters. The number of hydrogen-bond acceptors (Lipinski definition) is 8. The van der Waals surface area contributed by atoms with Gasteiger partial charge in [0.15, 0.2) is 5.54 Å². The van der Waals surface area contributed by atoms with Gasteiger partial charge in [-0.1, -0.05) is 11.6 Å². The third-order valence-corrected chi connectivity index (χ3v) is 8.87.